The molecule has 106 valence electrons. The standard InChI is InChI=1S/C15H24N2OS/c1-13(19-2)5-9-17-10-6-15(18,7-11-17)14-4-3-8-16-12-14/h3-4,8,12-13,18H,5-7,9-11H2,1-2H3/t13-/m1/s1. The van der Waals surface area contributed by atoms with Gasteiger partial charge < -0.3 is 10.0 Å². The maximum atomic E-state index is 10.7. The minimum Gasteiger partial charge on any atom is -0.385 e. The summed E-state index contributed by atoms with van der Waals surface area (Å²) >= 11 is 1.93. The number of aliphatic hydroxyl groups is 1. The van der Waals surface area contributed by atoms with Crippen molar-refractivity contribution in [1.29, 1.82) is 0 Å². The lowest BCUT2D eigenvalue weighted by molar-refractivity contribution is -0.0262. The zero-order chi connectivity index (χ0) is 13.7. The van der Waals surface area contributed by atoms with Crippen LogP contribution in [0.15, 0.2) is 24.5 Å². The molecule has 3 nitrogen and oxygen atoms in total. The fourth-order valence-electron chi connectivity index (χ4n) is 2.56. The Kier molecular flexibility index (Phi) is 5.25. The first kappa shape index (κ1) is 14.8. The Morgan fingerprint density at radius 2 is 2.21 bits per heavy atom. The maximum Gasteiger partial charge on any atom is 0.0935 e. The van der Waals surface area contributed by atoms with E-state index in [4.69, 9.17) is 0 Å². The summed E-state index contributed by atoms with van der Waals surface area (Å²) in [5.74, 6) is 0. The Balaban J connectivity index is 1.85. The highest BCUT2D eigenvalue weighted by Gasteiger charge is 2.33. The Labute approximate surface area is 120 Å². The predicted molar refractivity (Wildman–Crippen MR) is 81.4 cm³/mol. The second-order valence-corrected chi connectivity index (χ2v) is 6.73. The van der Waals surface area contributed by atoms with Gasteiger partial charge in [-0.1, -0.05) is 13.0 Å². The zero-order valence-corrected chi connectivity index (χ0v) is 12.7. The number of likely N-dealkylation sites (tertiary alicyclic amines) is 1. The molecule has 2 heterocycles. The molecule has 1 saturated heterocycles. The van der Waals surface area contributed by atoms with Crippen molar-refractivity contribution in [3.63, 3.8) is 0 Å². The molecule has 0 aliphatic carbocycles. The monoisotopic (exact) mass is 280 g/mol. The summed E-state index contributed by atoms with van der Waals surface area (Å²) in [5.41, 5.74) is 0.294. The van der Waals surface area contributed by atoms with Crippen molar-refractivity contribution in [3.8, 4) is 0 Å². The van der Waals surface area contributed by atoms with Crippen LogP contribution in [0.5, 0.6) is 0 Å². The van der Waals surface area contributed by atoms with E-state index >= 15 is 0 Å². The van der Waals surface area contributed by atoms with E-state index in [1.165, 1.54) is 6.42 Å². The molecule has 19 heavy (non-hydrogen) atoms. The molecule has 0 radical (unpaired) electrons. The third-order valence-corrected chi connectivity index (χ3v) is 5.18. The normalized spacial score (nSPS) is 21.2. The summed E-state index contributed by atoms with van der Waals surface area (Å²) in [7, 11) is 0. The van der Waals surface area contributed by atoms with Gasteiger partial charge in [-0.3, -0.25) is 4.98 Å². The molecule has 0 unspecified atom stereocenters. The molecule has 0 saturated carbocycles. The third-order valence-electron chi connectivity index (χ3n) is 4.14. The van der Waals surface area contributed by atoms with E-state index in [2.05, 4.69) is 23.1 Å². The minimum atomic E-state index is -0.671. The number of nitrogens with zero attached hydrogens (tertiary/aromatic N) is 2. The molecule has 0 amide bonds. The van der Waals surface area contributed by atoms with E-state index in [9.17, 15) is 5.11 Å². The molecule has 0 bridgehead atoms. The van der Waals surface area contributed by atoms with E-state index in [-0.39, 0.29) is 0 Å². The van der Waals surface area contributed by atoms with Crippen molar-refractivity contribution < 1.29 is 5.11 Å². The molecule has 1 N–H and O–H groups in total. The van der Waals surface area contributed by atoms with Crippen molar-refractivity contribution in [3.05, 3.63) is 30.1 Å². The van der Waals surface area contributed by atoms with Crippen molar-refractivity contribution in [2.75, 3.05) is 25.9 Å². The van der Waals surface area contributed by atoms with Gasteiger partial charge in [0.15, 0.2) is 0 Å². The Hall–Kier alpha value is -0.580. The van der Waals surface area contributed by atoms with Crippen molar-refractivity contribution in [1.82, 2.24) is 9.88 Å². The highest BCUT2D eigenvalue weighted by molar-refractivity contribution is 7.99. The van der Waals surface area contributed by atoms with Gasteiger partial charge in [0, 0.05) is 36.3 Å². The quantitative estimate of drug-likeness (QED) is 0.899. The molecule has 0 spiro atoms. The number of hydrogen-bond donors (Lipinski definition) is 1. The van der Waals surface area contributed by atoms with Crippen LogP contribution in [0.1, 0.15) is 31.7 Å². The second kappa shape index (κ2) is 6.73. The molecule has 1 aliphatic heterocycles. The molecule has 1 fully saturated rings. The van der Waals surface area contributed by atoms with Gasteiger partial charge in [-0.05, 0) is 38.1 Å². The highest BCUT2D eigenvalue weighted by atomic mass is 32.2. The fraction of sp³-hybridized carbons (Fsp3) is 0.667. The zero-order valence-electron chi connectivity index (χ0n) is 11.9. The molecular weight excluding hydrogens is 256 g/mol. The molecule has 1 aromatic heterocycles. The van der Waals surface area contributed by atoms with E-state index in [1.54, 1.807) is 12.4 Å². The summed E-state index contributed by atoms with van der Waals surface area (Å²) in [6, 6.07) is 3.89. The Bertz CT molecular complexity index is 377. The van der Waals surface area contributed by atoms with Crippen LogP contribution in [0, 0.1) is 0 Å². The predicted octanol–water partition coefficient (Wildman–Crippen LogP) is 2.51. The Morgan fingerprint density at radius 3 is 2.79 bits per heavy atom. The molecule has 1 atom stereocenters. The number of piperidine rings is 1. The molecular formula is C15H24N2OS. The number of aromatic nitrogens is 1. The van der Waals surface area contributed by atoms with Crippen LogP contribution in [0.3, 0.4) is 0 Å². The van der Waals surface area contributed by atoms with Crippen LogP contribution in [0.4, 0.5) is 0 Å². The number of rotatable bonds is 5. The lowest BCUT2D eigenvalue weighted by atomic mass is 9.85. The molecule has 1 aliphatic rings. The van der Waals surface area contributed by atoms with Gasteiger partial charge >= 0.3 is 0 Å². The van der Waals surface area contributed by atoms with E-state index < -0.39 is 5.60 Å². The van der Waals surface area contributed by atoms with E-state index in [0.717, 1.165) is 43.3 Å². The van der Waals surface area contributed by atoms with Gasteiger partial charge in [0.2, 0.25) is 0 Å². The van der Waals surface area contributed by atoms with Gasteiger partial charge in [-0.25, -0.2) is 0 Å². The first-order valence-corrected chi connectivity index (χ1v) is 8.31. The number of hydrogen-bond acceptors (Lipinski definition) is 4. The smallest absolute Gasteiger partial charge is 0.0935 e. The van der Waals surface area contributed by atoms with Crippen LogP contribution in [0.2, 0.25) is 0 Å². The summed E-state index contributed by atoms with van der Waals surface area (Å²) in [6.07, 6.45) is 8.57. The van der Waals surface area contributed by atoms with Crippen LogP contribution >= 0.6 is 11.8 Å². The average Bonchev–Trinajstić information content (AvgIpc) is 2.47. The third kappa shape index (κ3) is 3.94. The van der Waals surface area contributed by atoms with Gasteiger partial charge in [0.1, 0.15) is 0 Å². The maximum absolute atomic E-state index is 10.7. The minimum absolute atomic E-state index is 0.671. The molecule has 0 aromatic carbocycles. The highest BCUT2D eigenvalue weighted by Crippen LogP contribution is 2.32. The summed E-state index contributed by atoms with van der Waals surface area (Å²) in [4.78, 5) is 6.59. The SMILES string of the molecule is CS[C@H](C)CCN1CCC(O)(c2cccnc2)CC1. The summed E-state index contributed by atoms with van der Waals surface area (Å²) in [5, 5.41) is 11.4. The van der Waals surface area contributed by atoms with Crippen LogP contribution in [0.25, 0.3) is 0 Å². The number of thioether (sulfide) groups is 1. The fourth-order valence-corrected chi connectivity index (χ4v) is 2.90. The first-order valence-electron chi connectivity index (χ1n) is 7.02. The van der Waals surface area contributed by atoms with Gasteiger partial charge in [0.05, 0.1) is 5.60 Å². The van der Waals surface area contributed by atoms with Crippen molar-refractivity contribution in [2.45, 2.75) is 37.0 Å². The number of pyridine rings is 1. The van der Waals surface area contributed by atoms with E-state index in [0.29, 0.717) is 0 Å². The summed E-state index contributed by atoms with van der Waals surface area (Å²) < 4.78 is 0. The topological polar surface area (TPSA) is 36.4 Å². The lowest BCUT2D eigenvalue weighted by Gasteiger charge is -2.38. The van der Waals surface area contributed by atoms with Crippen LogP contribution in [-0.4, -0.2) is 46.1 Å². The van der Waals surface area contributed by atoms with Crippen LogP contribution in [-0.2, 0) is 5.60 Å². The first-order chi connectivity index (χ1) is 9.14. The van der Waals surface area contributed by atoms with Crippen LogP contribution < -0.4 is 0 Å². The second-order valence-electron chi connectivity index (χ2n) is 5.45. The van der Waals surface area contributed by atoms with Crippen molar-refractivity contribution >= 4 is 11.8 Å². The summed E-state index contributed by atoms with van der Waals surface area (Å²) in [6.45, 7) is 5.38. The van der Waals surface area contributed by atoms with E-state index in [1.807, 2.05) is 23.9 Å². The van der Waals surface area contributed by atoms with Gasteiger partial charge in [-0.15, -0.1) is 0 Å². The van der Waals surface area contributed by atoms with Gasteiger partial charge in [-0.2, -0.15) is 11.8 Å². The molecule has 1 aromatic rings. The Morgan fingerprint density at radius 1 is 1.47 bits per heavy atom. The largest absolute Gasteiger partial charge is 0.385 e. The average molecular weight is 280 g/mol. The molecule has 4 heteroatoms. The lowest BCUT2D eigenvalue weighted by Crippen LogP contribution is -2.43. The molecule has 2 rings (SSSR count). The van der Waals surface area contributed by atoms with Gasteiger partial charge in [0.25, 0.3) is 0 Å². The van der Waals surface area contributed by atoms with Crippen molar-refractivity contribution in [2.24, 2.45) is 0 Å².